The first-order chi connectivity index (χ1) is 22.1. The highest BCUT2D eigenvalue weighted by molar-refractivity contribution is 7.62. The van der Waals surface area contributed by atoms with E-state index in [0.29, 0.717) is 90.2 Å². The Kier molecular flexibility index (Phi) is 24.0. The van der Waals surface area contributed by atoms with Crippen LogP contribution in [0.3, 0.4) is 0 Å². The van der Waals surface area contributed by atoms with E-state index in [1.54, 1.807) is 0 Å². The van der Waals surface area contributed by atoms with Gasteiger partial charge in [0, 0.05) is 13.0 Å². The highest BCUT2D eigenvalue weighted by atomic mass is 31.2. The first-order valence-electron chi connectivity index (χ1n) is 17.3. The molecule has 0 N–H and O–H groups in total. The largest absolute Gasteiger partial charge is 0.490 e. The number of unbranched alkanes of at least 4 members (excludes halogenated alkanes) is 7. The number of hydrogen-bond acceptors (Lipinski definition) is 10. The highest BCUT2D eigenvalue weighted by Gasteiger charge is 2.31. The number of hydrogen-bond donors (Lipinski definition) is 0. The average molecular weight is 661 g/mol. The summed E-state index contributed by atoms with van der Waals surface area (Å²) in [6.07, 6.45) is 11.3. The lowest BCUT2D eigenvalue weighted by atomic mass is 10.0. The molecule has 0 amide bonds. The van der Waals surface area contributed by atoms with E-state index in [0.717, 1.165) is 18.4 Å². The molecule has 1 fully saturated rings. The molecule has 262 valence electrons. The van der Waals surface area contributed by atoms with Crippen LogP contribution in [0.1, 0.15) is 84.1 Å². The van der Waals surface area contributed by atoms with Crippen molar-refractivity contribution in [3.63, 3.8) is 0 Å². The summed E-state index contributed by atoms with van der Waals surface area (Å²) in [5, 5.41) is 0.472. The zero-order chi connectivity index (χ0) is 32.3. The summed E-state index contributed by atoms with van der Waals surface area (Å²) in [5.41, 5.74) is 1.11. The van der Waals surface area contributed by atoms with Crippen LogP contribution in [-0.4, -0.2) is 98.6 Å². The van der Waals surface area contributed by atoms with Gasteiger partial charge in [0.1, 0.15) is 17.7 Å². The molecule has 1 aromatic carbocycles. The topological polar surface area (TPSA) is 100 Å². The minimum absolute atomic E-state index is 0.253. The van der Waals surface area contributed by atoms with Gasteiger partial charge < -0.3 is 42.2 Å². The van der Waals surface area contributed by atoms with Crippen molar-refractivity contribution >= 4 is 12.9 Å². The zero-order valence-corrected chi connectivity index (χ0v) is 29.2. The molecule has 1 aromatic rings. The Bertz CT molecular complexity index is 857. The number of ether oxygens (including phenoxy) is 7. The lowest BCUT2D eigenvalue weighted by molar-refractivity contribution is -0.0390. The minimum Gasteiger partial charge on any atom is -0.490 e. The molecule has 0 radical (unpaired) electrons. The van der Waals surface area contributed by atoms with Crippen LogP contribution in [0.2, 0.25) is 0 Å². The van der Waals surface area contributed by atoms with E-state index in [2.05, 4.69) is 13.0 Å². The van der Waals surface area contributed by atoms with E-state index >= 15 is 0 Å². The monoisotopic (exact) mass is 660 g/mol. The molecule has 0 saturated carbocycles. The van der Waals surface area contributed by atoms with Gasteiger partial charge in [-0.2, -0.15) is 0 Å². The molecule has 0 bridgehead atoms. The molecule has 0 aliphatic carbocycles. The smallest absolute Gasteiger partial charge is 0.365 e. The summed E-state index contributed by atoms with van der Waals surface area (Å²) in [5.74, 6) is 0.490. The van der Waals surface area contributed by atoms with Crippen LogP contribution in [0.15, 0.2) is 18.2 Å². The van der Waals surface area contributed by atoms with Gasteiger partial charge in [-0.05, 0) is 44.4 Å². The third-order valence-corrected chi connectivity index (χ3v) is 9.45. The van der Waals surface area contributed by atoms with Gasteiger partial charge in [-0.25, -0.2) is 0 Å². The van der Waals surface area contributed by atoms with Gasteiger partial charge in [-0.1, -0.05) is 57.9 Å². The molecule has 11 heteroatoms. The number of benzene rings is 1. The molecule has 10 nitrogen and oxygen atoms in total. The van der Waals surface area contributed by atoms with Crippen LogP contribution in [-0.2, 0) is 48.5 Å². The lowest BCUT2D eigenvalue weighted by Crippen LogP contribution is -2.27. The van der Waals surface area contributed by atoms with E-state index in [1.165, 1.54) is 44.9 Å². The third kappa shape index (κ3) is 18.8. The Morgan fingerprint density at radius 3 is 1.73 bits per heavy atom. The van der Waals surface area contributed by atoms with Crippen molar-refractivity contribution in [3.05, 3.63) is 23.8 Å². The zero-order valence-electron chi connectivity index (χ0n) is 28.3. The third-order valence-electron chi connectivity index (χ3n) is 7.31. The molecular weight excluding hydrogens is 599 g/mol. The van der Waals surface area contributed by atoms with E-state index in [9.17, 15) is 4.57 Å². The van der Waals surface area contributed by atoms with Gasteiger partial charge in [0.15, 0.2) is 0 Å². The fourth-order valence-electron chi connectivity index (χ4n) is 4.90. The van der Waals surface area contributed by atoms with Gasteiger partial charge in [0.2, 0.25) is 0 Å². The highest BCUT2D eigenvalue weighted by Crippen LogP contribution is 2.49. The molecule has 0 aromatic heterocycles. The summed E-state index contributed by atoms with van der Waals surface area (Å²) < 4.78 is 65.9. The standard InChI is InChI=1S/C34H61O10P/c1-4-7-8-9-10-11-12-13-14-31-15-16-33(34(29-31)45(35,43-5-2)44-6-3)42-30-32-17-18-36-19-20-37-21-22-38-23-24-39-25-26-40-27-28-41-32/h15-16,29,32H,4-14,17-28,30H2,1-3H3. The van der Waals surface area contributed by atoms with Crippen LogP contribution < -0.4 is 10.0 Å². The molecule has 0 spiro atoms. The van der Waals surface area contributed by atoms with Crippen molar-refractivity contribution in [1.29, 1.82) is 0 Å². The Morgan fingerprint density at radius 2 is 1.18 bits per heavy atom. The van der Waals surface area contributed by atoms with Gasteiger partial charge in [0.25, 0.3) is 0 Å². The van der Waals surface area contributed by atoms with Crippen LogP contribution in [0.25, 0.3) is 0 Å². The van der Waals surface area contributed by atoms with Crippen molar-refractivity contribution in [2.45, 2.75) is 91.1 Å². The second-order valence-electron chi connectivity index (χ2n) is 11.0. The number of rotatable bonds is 17. The SMILES string of the molecule is CCCCCCCCCCc1ccc(OCC2CCOCCOCCOCCOCCOCCO2)c(P(=O)(OCC)OCC)c1. The van der Waals surface area contributed by atoms with Crippen LogP contribution in [0, 0.1) is 0 Å². The summed E-state index contributed by atoms with van der Waals surface area (Å²) >= 11 is 0. The molecule has 2 rings (SSSR count). The Hall–Kier alpha value is -1.07. The molecule has 1 unspecified atom stereocenters. The van der Waals surface area contributed by atoms with Gasteiger partial charge >= 0.3 is 7.60 Å². The van der Waals surface area contributed by atoms with Crippen molar-refractivity contribution in [1.82, 2.24) is 0 Å². The summed E-state index contributed by atoms with van der Waals surface area (Å²) in [6, 6.07) is 5.89. The number of aryl methyl sites for hydroxylation is 1. The first-order valence-corrected chi connectivity index (χ1v) is 18.8. The summed E-state index contributed by atoms with van der Waals surface area (Å²) in [6.45, 7) is 12.0. The van der Waals surface area contributed by atoms with Crippen molar-refractivity contribution < 1.29 is 46.8 Å². The summed E-state index contributed by atoms with van der Waals surface area (Å²) in [7, 11) is -3.58. The Labute approximate surface area is 272 Å². The van der Waals surface area contributed by atoms with Crippen molar-refractivity contribution in [2.24, 2.45) is 0 Å². The maximum absolute atomic E-state index is 14.0. The second kappa shape index (κ2) is 26.9. The van der Waals surface area contributed by atoms with Crippen molar-refractivity contribution in [2.75, 3.05) is 92.5 Å². The molecule has 1 atom stereocenters. The van der Waals surface area contributed by atoms with E-state index in [4.69, 9.17) is 42.2 Å². The fourth-order valence-corrected chi connectivity index (χ4v) is 6.67. The van der Waals surface area contributed by atoms with Crippen LogP contribution in [0.4, 0.5) is 0 Å². The molecular formula is C34H61O10P. The molecule has 1 aliphatic heterocycles. The second-order valence-corrected chi connectivity index (χ2v) is 13.0. The van der Waals surface area contributed by atoms with Gasteiger partial charge in [0.05, 0.1) is 85.4 Å². The Morgan fingerprint density at radius 1 is 0.667 bits per heavy atom. The fraction of sp³-hybridized carbons (Fsp3) is 0.824. The molecule has 1 aliphatic rings. The summed E-state index contributed by atoms with van der Waals surface area (Å²) in [4.78, 5) is 0. The Balaban J connectivity index is 2.02. The van der Waals surface area contributed by atoms with Gasteiger partial charge in [-0.15, -0.1) is 0 Å². The molecule has 1 heterocycles. The van der Waals surface area contributed by atoms with Gasteiger partial charge in [-0.3, -0.25) is 4.57 Å². The minimum atomic E-state index is -3.58. The van der Waals surface area contributed by atoms with E-state index < -0.39 is 7.60 Å². The molecule has 45 heavy (non-hydrogen) atoms. The maximum Gasteiger partial charge on any atom is 0.365 e. The predicted molar refractivity (Wildman–Crippen MR) is 177 cm³/mol. The van der Waals surface area contributed by atoms with E-state index in [-0.39, 0.29) is 25.9 Å². The predicted octanol–water partition coefficient (Wildman–Crippen LogP) is 6.51. The average Bonchev–Trinajstić information content (AvgIpc) is 3.04. The quantitative estimate of drug-likeness (QED) is 0.136. The lowest BCUT2D eigenvalue weighted by Gasteiger charge is -2.23. The maximum atomic E-state index is 14.0. The molecule has 1 saturated heterocycles. The first kappa shape index (κ1) is 40.1. The van der Waals surface area contributed by atoms with Crippen LogP contribution >= 0.6 is 7.60 Å². The van der Waals surface area contributed by atoms with Crippen LogP contribution in [0.5, 0.6) is 5.75 Å². The van der Waals surface area contributed by atoms with Crippen molar-refractivity contribution in [3.8, 4) is 5.75 Å². The normalized spacial score (nSPS) is 19.0. The van der Waals surface area contributed by atoms with E-state index in [1.807, 2.05) is 26.0 Å².